The molecule has 2 aromatic rings. The van der Waals surface area contributed by atoms with Crippen molar-refractivity contribution in [3.05, 3.63) is 64.1 Å². The smallest absolute Gasteiger partial charge is 0.275 e. The van der Waals surface area contributed by atoms with E-state index in [-0.39, 0.29) is 11.3 Å². The van der Waals surface area contributed by atoms with Gasteiger partial charge in [0.05, 0.1) is 11.8 Å². The molecule has 2 N–H and O–H groups in total. The van der Waals surface area contributed by atoms with Crippen molar-refractivity contribution in [3.63, 3.8) is 0 Å². The van der Waals surface area contributed by atoms with Gasteiger partial charge in [-0.25, -0.2) is 5.43 Å². The van der Waals surface area contributed by atoms with Gasteiger partial charge >= 0.3 is 0 Å². The lowest BCUT2D eigenvalue weighted by atomic mass is 10.2. The highest BCUT2D eigenvalue weighted by Gasteiger charge is 2.10. The van der Waals surface area contributed by atoms with Crippen molar-refractivity contribution in [1.82, 2.24) is 5.43 Å². The number of hydrogen-bond donors (Lipinski definition) is 2. The molecule has 0 aliphatic heterocycles. The summed E-state index contributed by atoms with van der Waals surface area (Å²) in [5, 5.41) is 13.4. The number of amides is 1. The fraction of sp³-hybridized carbons (Fsp3) is 0. The zero-order valence-electron chi connectivity index (χ0n) is 9.88. The number of halogens is 1. The molecular weight excluding hydrogens is 308 g/mol. The molecule has 0 aliphatic carbocycles. The summed E-state index contributed by atoms with van der Waals surface area (Å²) in [6, 6.07) is 14.0. The largest absolute Gasteiger partial charge is 0.507 e. The van der Waals surface area contributed by atoms with E-state index in [4.69, 9.17) is 0 Å². The summed E-state index contributed by atoms with van der Waals surface area (Å²) in [7, 11) is 0. The van der Waals surface area contributed by atoms with Crippen LogP contribution in [0.1, 0.15) is 15.9 Å². The molecule has 5 heteroatoms. The molecule has 0 unspecified atom stereocenters. The maximum atomic E-state index is 11.8. The number of carbonyl (C=O) groups is 1. The van der Waals surface area contributed by atoms with Gasteiger partial charge in [0.1, 0.15) is 5.75 Å². The average Bonchev–Trinajstić information content (AvgIpc) is 2.42. The molecule has 0 heterocycles. The number of phenolic OH excluding ortho intramolecular Hbond substituents is 1. The Balaban J connectivity index is 2.06. The summed E-state index contributed by atoms with van der Waals surface area (Å²) in [6.07, 6.45) is 1.53. The highest BCUT2D eigenvalue weighted by atomic mass is 79.9. The van der Waals surface area contributed by atoms with Crippen LogP contribution in [0.25, 0.3) is 0 Å². The highest BCUT2D eigenvalue weighted by molar-refractivity contribution is 9.10. The van der Waals surface area contributed by atoms with Crippen molar-refractivity contribution in [2.24, 2.45) is 5.10 Å². The van der Waals surface area contributed by atoms with Crippen molar-refractivity contribution >= 4 is 28.1 Å². The number of phenols is 1. The third-order valence-corrected chi connectivity index (χ3v) is 2.88. The number of benzene rings is 2. The quantitative estimate of drug-likeness (QED) is 0.675. The second-order valence-corrected chi connectivity index (χ2v) is 4.69. The molecule has 2 aromatic carbocycles. The van der Waals surface area contributed by atoms with Gasteiger partial charge in [0.2, 0.25) is 0 Å². The SMILES string of the molecule is O=C(N/N=C/c1ccccc1)c1cc(Br)ccc1O. The van der Waals surface area contributed by atoms with Crippen LogP contribution in [-0.2, 0) is 0 Å². The van der Waals surface area contributed by atoms with Crippen molar-refractivity contribution < 1.29 is 9.90 Å². The van der Waals surface area contributed by atoms with E-state index in [1.54, 1.807) is 6.07 Å². The highest BCUT2D eigenvalue weighted by Crippen LogP contribution is 2.21. The fourth-order valence-corrected chi connectivity index (χ4v) is 1.82. The molecule has 0 radical (unpaired) electrons. The van der Waals surface area contributed by atoms with Crippen molar-refractivity contribution in [2.75, 3.05) is 0 Å². The normalized spacial score (nSPS) is 10.6. The average molecular weight is 319 g/mol. The number of rotatable bonds is 3. The van der Waals surface area contributed by atoms with Gasteiger partial charge in [0.25, 0.3) is 5.91 Å². The monoisotopic (exact) mass is 318 g/mol. The van der Waals surface area contributed by atoms with Crippen molar-refractivity contribution in [1.29, 1.82) is 0 Å². The summed E-state index contributed by atoms with van der Waals surface area (Å²) in [5.41, 5.74) is 3.41. The Kier molecular flexibility index (Phi) is 4.30. The van der Waals surface area contributed by atoms with Crippen LogP contribution in [0.2, 0.25) is 0 Å². The molecule has 0 fully saturated rings. The van der Waals surface area contributed by atoms with Crippen LogP contribution in [0, 0.1) is 0 Å². The van der Waals surface area contributed by atoms with Crippen molar-refractivity contribution in [3.8, 4) is 5.75 Å². The molecule has 0 saturated heterocycles. The molecule has 19 heavy (non-hydrogen) atoms. The minimum atomic E-state index is -0.467. The zero-order chi connectivity index (χ0) is 13.7. The van der Waals surface area contributed by atoms with Gasteiger partial charge in [-0.2, -0.15) is 5.10 Å². The van der Waals surface area contributed by atoms with Gasteiger partial charge in [0.15, 0.2) is 0 Å². The number of hydrazone groups is 1. The van der Waals surface area contributed by atoms with Gasteiger partial charge in [0, 0.05) is 4.47 Å². The molecule has 0 atom stereocenters. The summed E-state index contributed by atoms with van der Waals surface area (Å²) in [5.74, 6) is -0.554. The number of nitrogens with one attached hydrogen (secondary N) is 1. The summed E-state index contributed by atoms with van der Waals surface area (Å²) in [4.78, 5) is 11.8. The molecule has 96 valence electrons. The van der Waals surface area contributed by atoms with Crippen LogP contribution < -0.4 is 5.43 Å². The molecule has 0 aliphatic rings. The van der Waals surface area contributed by atoms with Crippen LogP contribution in [0.4, 0.5) is 0 Å². The Morgan fingerprint density at radius 1 is 1.21 bits per heavy atom. The van der Waals surface area contributed by atoms with E-state index in [0.29, 0.717) is 4.47 Å². The fourth-order valence-electron chi connectivity index (χ4n) is 1.45. The van der Waals surface area contributed by atoms with E-state index in [1.165, 1.54) is 18.3 Å². The first-order valence-electron chi connectivity index (χ1n) is 5.54. The summed E-state index contributed by atoms with van der Waals surface area (Å²) >= 11 is 3.24. The summed E-state index contributed by atoms with van der Waals surface area (Å²) in [6.45, 7) is 0. The standard InChI is InChI=1S/C14H11BrN2O2/c15-11-6-7-13(18)12(8-11)14(19)17-16-9-10-4-2-1-3-5-10/h1-9,18H,(H,17,19)/b16-9+. The maximum absolute atomic E-state index is 11.8. The minimum absolute atomic E-state index is 0.0874. The van der Waals surface area contributed by atoms with Gasteiger partial charge in [-0.3, -0.25) is 4.79 Å². The lowest BCUT2D eigenvalue weighted by Gasteiger charge is -2.03. The van der Waals surface area contributed by atoms with Crippen LogP contribution in [0.15, 0.2) is 58.1 Å². The van der Waals surface area contributed by atoms with E-state index in [1.807, 2.05) is 30.3 Å². The van der Waals surface area contributed by atoms with Gasteiger partial charge in [-0.15, -0.1) is 0 Å². The zero-order valence-corrected chi connectivity index (χ0v) is 11.5. The van der Waals surface area contributed by atoms with Crippen molar-refractivity contribution in [2.45, 2.75) is 0 Å². The maximum Gasteiger partial charge on any atom is 0.275 e. The predicted molar refractivity (Wildman–Crippen MR) is 77.3 cm³/mol. The third-order valence-electron chi connectivity index (χ3n) is 2.38. The van der Waals surface area contributed by atoms with Crippen LogP contribution in [-0.4, -0.2) is 17.2 Å². The first-order chi connectivity index (χ1) is 9.16. The van der Waals surface area contributed by atoms with E-state index in [2.05, 4.69) is 26.5 Å². The first-order valence-corrected chi connectivity index (χ1v) is 6.33. The Labute approximate surface area is 118 Å². The molecule has 0 aromatic heterocycles. The van der Waals surface area contributed by atoms with Crippen LogP contribution in [0.3, 0.4) is 0 Å². The topological polar surface area (TPSA) is 61.7 Å². The predicted octanol–water partition coefficient (Wildman–Crippen LogP) is 2.92. The molecule has 4 nitrogen and oxygen atoms in total. The van der Waals surface area contributed by atoms with E-state index < -0.39 is 5.91 Å². The van der Waals surface area contributed by atoms with E-state index in [9.17, 15) is 9.90 Å². The number of aromatic hydroxyl groups is 1. The minimum Gasteiger partial charge on any atom is -0.507 e. The molecule has 0 spiro atoms. The van der Waals surface area contributed by atoms with Gasteiger partial charge in [-0.1, -0.05) is 46.3 Å². The molecular formula is C14H11BrN2O2. The lowest BCUT2D eigenvalue weighted by molar-refractivity contribution is 0.0952. The lowest BCUT2D eigenvalue weighted by Crippen LogP contribution is -2.17. The number of hydrogen-bond acceptors (Lipinski definition) is 3. The molecule has 1 amide bonds. The van der Waals surface area contributed by atoms with E-state index >= 15 is 0 Å². The third kappa shape index (κ3) is 3.66. The van der Waals surface area contributed by atoms with Crippen LogP contribution >= 0.6 is 15.9 Å². The Bertz CT molecular complexity index is 612. The molecule has 0 bridgehead atoms. The van der Waals surface area contributed by atoms with E-state index in [0.717, 1.165) is 5.56 Å². The molecule has 2 rings (SSSR count). The second kappa shape index (κ2) is 6.15. The first kappa shape index (κ1) is 13.3. The van der Waals surface area contributed by atoms with Gasteiger partial charge < -0.3 is 5.11 Å². The Morgan fingerprint density at radius 2 is 1.95 bits per heavy atom. The van der Waals surface area contributed by atoms with Gasteiger partial charge in [-0.05, 0) is 23.8 Å². The number of carbonyl (C=O) groups excluding carboxylic acids is 1. The Hall–Kier alpha value is -2.14. The van der Waals surface area contributed by atoms with Crippen LogP contribution in [0.5, 0.6) is 5.75 Å². The summed E-state index contributed by atoms with van der Waals surface area (Å²) < 4.78 is 0.711. The molecule has 0 saturated carbocycles. The number of nitrogens with zero attached hydrogens (tertiary/aromatic N) is 1. The second-order valence-electron chi connectivity index (χ2n) is 3.77. The Morgan fingerprint density at radius 3 is 2.68 bits per heavy atom.